The Morgan fingerprint density at radius 2 is 2.11 bits per heavy atom. The van der Waals surface area contributed by atoms with Gasteiger partial charge in [0.2, 0.25) is 0 Å². The second-order valence-corrected chi connectivity index (χ2v) is 6.83. The Kier molecular flexibility index (Phi) is 4.68. The number of hydrogen-bond donors (Lipinski definition) is 1. The lowest BCUT2D eigenvalue weighted by Gasteiger charge is -2.09. The Labute approximate surface area is 106 Å². The molecule has 0 atom stereocenters. The summed E-state index contributed by atoms with van der Waals surface area (Å²) in [6.45, 7) is 3.49. The van der Waals surface area contributed by atoms with E-state index in [1.165, 1.54) is 18.2 Å². The quantitative estimate of drug-likeness (QED) is 0.887. The van der Waals surface area contributed by atoms with Crippen molar-refractivity contribution >= 4 is 15.5 Å². The number of halogens is 1. The summed E-state index contributed by atoms with van der Waals surface area (Å²) in [6, 6.07) is 5.73. The molecule has 1 N–H and O–H groups in total. The molecule has 0 unspecified atom stereocenters. The van der Waals surface area contributed by atoms with Crippen molar-refractivity contribution in [3.8, 4) is 6.07 Å². The monoisotopic (exact) mass is 270 g/mol. The SMILES string of the molecule is CC(C)S(=O)(=O)CCNc1ccc(F)c(C#N)c1. The molecule has 0 heterocycles. The first kappa shape index (κ1) is 14.5. The average molecular weight is 270 g/mol. The van der Waals surface area contributed by atoms with Crippen LogP contribution in [0.1, 0.15) is 19.4 Å². The average Bonchev–Trinajstić information content (AvgIpc) is 2.31. The molecule has 1 aromatic carbocycles. The summed E-state index contributed by atoms with van der Waals surface area (Å²) in [5.41, 5.74) is 0.471. The number of nitriles is 1. The van der Waals surface area contributed by atoms with Crippen molar-refractivity contribution in [2.24, 2.45) is 0 Å². The van der Waals surface area contributed by atoms with Crippen LogP contribution in [0.15, 0.2) is 18.2 Å². The lowest BCUT2D eigenvalue weighted by molar-refractivity contribution is 0.587. The number of sulfone groups is 1. The van der Waals surface area contributed by atoms with Gasteiger partial charge in [-0.05, 0) is 32.0 Å². The summed E-state index contributed by atoms with van der Waals surface area (Å²) in [7, 11) is -3.09. The summed E-state index contributed by atoms with van der Waals surface area (Å²) in [5.74, 6) is -0.581. The highest BCUT2D eigenvalue weighted by Gasteiger charge is 2.15. The summed E-state index contributed by atoms with van der Waals surface area (Å²) in [6.07, 6.45) is 0. The zero-order valence-corrected chi connectivity index (χ0v) is 11.1. The van der Waals surface area contributed by atoms with Crippen LogP contribution in [0.3, 0.4) is 0 Å². The fourth-order valence-electron chi connectivity index (χ4n) is 1.29. The molecule has 18 heavy (non-hydrogen) atoms. The Hall–Kier alpha value is -1.61. The van der Waals surface area contributed by atoms with Crippen molar-refractivity contribution in [3.63, 3.8) is 0 Å². The second kappa shape index (κ2) is 5.83. The Bertz CT molecular complexity index is 562. The van der Waals surface area contributed by atoms with Gasteiger partial charge >= 0.3 is 0 Å². The third-order valence-electron chi connectivity index (χ3n) is 2.52. The molecule has 0 aliphatic rings. The summed E-state index contributed by atoms with van der Waals surface area (Å²) in [5, 5.41) is 11.1. The molecule has 1 aromatic rings. The van der Waals surface area contributed by atoms with Crippen molar-refractivity contribution in [1.29, 1.82) is 5.26 Å². The zero-order chi connectivity index (χ0) is 13.8. The van der Waals surface area contributed by atoms with E-state index in [0.29, 0.717) is 5.69 Å². The maximum atomic E-state index is 13.0. The van der Waals surface area contributed by atoms with Crippen LogP contribution in [0.25, 0.3) is 0 Å². The molecule has 0 aliphatic heterocycles. The van der Waals surface area contributed by atoms with Gasteiger partial charge < -0.3 is 5.32 Å². The van der Waals surface area contributed by atoms with Crippen molar-refractivity contribution in [1.82, 2.24) is 0 Å². The van der Waals surface area contributed by atoms with E-state index in [2.05, 4.69) is 5.32 Å². The molecule has 0 amide bonds. The Morgan fingerprint density at radius 1 is 1.44 bits per heavy atom. The maximum absolute atomic E-state index is 13.0. The molecular weight excluding hydrogens is 255 g/mol. The molecule has 0 aromatic heterocycles. The van der Waals surface area contributed by atoms with E-state index in [9.17, 15) is 12.8 Å². The van der Waals surface area contributed by atoms with Gasteiger partial charge in [0.05, 0.1) is 16.6 Å². The van der Waals surface area contributed by atoms with E-state index in [-0.39, 0.29) is 17.9 Å². The van der Waals surface area contributed by atoms with Gasteiger partial charge in [0.25, 0.3) is 0 Å². The van der Waals surface area contributed by atoms with Crippen LogP contribution >= 0.6 is 0 Å². The molecule has 0 fully saturated rings. The van der Waals surface area contributed by atoms with Crippen LogP contribution in [0, 0.1) is 17.1 Å². The molecule has 4 nitrogen and oxygen atoms in total. The third-order valence-corrected chi connectivity index (χ3v) is 4.73. The van der Waals surface area contributed by atoms with Crippen LogP contribution in [0.2, 0.25) is 0 Å². The van der Waals surface area contributed by atoms with Crippen LogP contribution in [-0.4, -0.2) is 26.0 Å². The van der Waals surface area contributed by atoms with Gasteiger partial charge in [-0.15, -0.1) is 0 Å². The molecule has 98 valence electrons. The first-order valence-corrected chi connectivity index (χ1v) is 7.23. The van der Waals surface area contributed by atoms with Gasteiger partial charge in [-0.3, -0.25) is 0 Å². The van der Waals surface area contributed by atoms with Gasteiger partial charge in [-0.25, -0.2) is 12.8 Å². The number of hydrogen-bond acceptors (Lipinski definition) is 4. The van der Waals surface area contributed by atoms with Crippen molar-refractivity contribution in [2.45, 2.75) is 19.1 Å². The number of nitrogens with one attached hydrogen (secondary N) is 1. The van der Waals surface area contributed by atoms with Gasteiger partial charge in [-0.1, -0.05) is 0 Å². The van der Waals surface area contributed by atoms with E-state index in [1.807, 2.05) is 0 Å². The highest BCUT2D eigenvalue weighted by Crippen LogP contribution is 2.13. The molecule has 0 saturated carbocycles. The van der Waals surface area contributed by atoms with Crippen LogP contribution in [-0.2, 0) is 9.84 Å². The maximum Gasteiger partial charge on any atom is 0.154 e. The Morgan fingerprint density at radius 3 is 2.67 bits per heavy atom. The Balaban J connectivity index is 2.63. The molecule has 1 rings (SSSR count). The predicted octanol–water partition coefficient (Wildman–Crippen LogP) is 1.93. The summed E-state index contributed by atoms with van der Waals surface area (Å²) < 4.78 is 36.1. The van der Waals surface area contributed by atoms with E-state index >= 15 is 0 Å². The van der Waals surface area contributed by atoms with Crippen molar-refractivity contribution < 1.29 is 12.8 Å². The minimum atomic E-state index is -3.09. The van der Waals surface area contributed by atoms with Crippen molar-refractivity contribution in [2.75, 3.05) is 17.6 Å². The van der Waals surface area contributed by atoms with E-state index in [4.69, 9.17) is 5.26 Å². The van der Waals surface area contributed by atoms with Crippen LogP contribution < -0.4 is 5.32 Å². The number of benzene rings is 1. The lowest BCUT2D eigenvalue weighted by atomic mass is 10.2. The molecule has 0 saturated heterocycles. The minimum absolute atomic E-state index is 0.00390. The van der Waals surface area contributed by atoms with Crippen LogP contribution in [0.5, 0.6) is 0 Å². The predicted molar refractivity (Wildman–Crippen MR) is 68.5 cm³/mol. The smallest absolute Gasteiger partial charge is 0.154 e. The lowest BCUT2D eigenvalue weighted by Crippen LogP contribution is -2.22. The highest BCUT2D eigenvalue weighted by atomic mass is 32.2. The highest BCUT2D eigenvalue weighted by molar-refractivity contribution is 7.92. The molecule has 0 radical (unpaired) electrons. The first-order valence-electron chi connectivity index (χ1n) is 5.52. The van der Waals surface area contributed by atoms with Gasteiger partial charge in [-0.2, -0.15) is 5.26 Å². The first-order chi connectivity index (χ1) is 8.36. The fourth-order valence-corrected chi connectivity index (χ4v) is 2.15. The standard InChI is InChI=1S/C12H15FN2O2S/c1-9(2)18(16,17)6-5-15-11-3-4-12(13)10(7-11)8-14/h3-4,7,9,15H,5-6H2,1-2H3. The van der Waals surface area contributed by atoms with Crippen LogP contribution in [0.4, 0.5) is 10.1 Å². The molecule has 0 spiro atoms. The number of anilines is 1. The number of rotatable bonds is 5. The molecule has 6 heteroatoms. The van der Waals surface area contributed by atoms with E-state index in [0.717, 1.165) is 0 Å². The molecule has 0 bridgehead atoms. The van der Waals surface area contributed by atoms with E-state index in [1.54, 1.807) is 19.9 Å². The molecular formula is C12H15FN2O2S. The van der Waals surface area contributed by atoms with Gasteiger partial charge in [0.15, 0.2) is 9.84 Å². The third kappa shape index (κ3) is 3.70. The fraction of sp³-hybridized carbons (Fsp3) is 0.417. The number of nitrogens with zero attached hydrogens (tertiary/aromatic N) is 1. The second-order valence-electron chi connectivity index (χ2n) is 4.15. The summed E-state index contributed by atoms with van der Waals surface area (Å²) in [4.78, 5) is 0. The summed E-state index contributed by atoms with van der Waals surface area (Å²) >= 11 is 0. The van der Waals surface area contributed by atoms with Crippen molar-refractivity contribution in [3.05, 3.63) is 29.6 Å². The van der Waals surface area contributed by atoms with E-state index < -0.39 is 20.9 Å². The topological polar surface area (TPSA) is 70.0 Å². The molecule has 0 aliphatic carbocycles. The minimum Gasteiger partial charge on any atom is -0.384 e. The van der Waals surface area contributed by atoms with Gasteiger partial charge in [0, 0.05) is 12.2 Å². The largest absolute Gasteiger partial charge is 0.384 e. The van der Waals surface area contributed by atoms with Gasteiger partial charge in [0.1, 0.15) is 11.9 Å². The normalized spacial score (nSPS) is 11.3. The zero-order valence-electron chi connectivity index (χ0n) is 10.3.